The van der Waals surface area contributed by atoms with E-state index in [9.17, 15) is 0 Å². The molecule has 3 rings (SSSR count). The fourth-order valence-electron chi connectivity index (χ4n) is 2.03. The molecule has 21 heavy (non-hydrogen) atoms. The highest BCUT2D eigenvalue weighted by Gasteiger charge is 2.06. The van der Waals surface area contributed by atoms with E-state index in [-0.39, 0.29) is 0 Å². The number of nitrogen functional groups attached to an aromatic ring is 2. The summed E-state index contributed by atoms with van der Waals surface area (Å²) in [6.07, 6.45) is 1.64. The van der Waals surface area contributed by atoms with E-state index in [4.69, 9.17) is 15.9 Å². The molecule has 4 nitrogen and oxygen atoms in total. The van der Waals surface area contributed by atoms with Gasteiger partial charge in [-0.25, -0.2) is 4.98 Å². The summed E-state index contributed by atoms with van der Waals surface area (Å²) >= 11 is 0. The van der Waals surface area contributed by atoms with Crippen LogP contribution in [0.3, 0.4) is 0 Å². The van der Waals surface area contributed by atoms with Crippen molar-refractivity contribution < 1.29 is 4.42 Å². The lowest BCUT2D eigenvalue weighted by atomic mass is 10.1. The molecule has 0 unspecified atom stereocenters. The maximum absolute atomic E-state index is 5.72. The Balaban J connectivity index is 0.000000774. The van der Waals surface area contributed by atoms with E-state index in [0.29, 0.717) is 5.69 Å². The van der Waals surface area contributed by atoms with Crippen LogP contribution in [0.15, 0.2) is 46.9 Å². The lowest BCUT2D eigenvalue weighted by molar-refractivity contribution is 0.528. The number of rotatable bonds is 3. The maximum Gasteiger partial charge on any atom is 0.195 e. The van der Waals surface area contributed by atoms with Gasteiger partial charge in [0.1, 0.15) is 5.52 Å². The van der Waals surface area contributed by atoms with Crippen LogP contribution < -0.4 is 11.5 Å². The summed E-state index contributed by atoms with van der Waals surface area (Å²) in [5, 5.41) is 0. The molecule has 110 valence electrons. The summed E-state index contributed by atoms with van der Waals surface area (Å²) in [5.41, 5.74) is 15.7. The molecule has 1 aromatic heterocycles. The number of oxazole rings is 1. The summed E-state index contributed by atoms with van der Waals surface area (Å²) in [7, 11) is 0. The Hall–Kier alpha value is -2.49. The minimum atomic E-state index is 0.700. The van der Waals surface area contributed by atoms with Gasteiger partial charge in [0.2, 0.25) is 0 Å². The molecule has 0 saturated carbocycles. The van der Waals surface area contributed by atoms with Gasteiger partial charge in [-0.3, -0.25) is 0 Å². The summed E-state index contributed by atoms with van der Waals surface area (Å²) in [6, 6.07) is 13.4. The monoisotopic (exact) mass is 283 g/mol. The number of nitrogens with zero attached hydrogens (tertiary/aromatic N) is 1. The van der Waals surface area contributed by atoms with Gasteiger partial charge in [0.25, 0.3) is 0 Å². The Morgan fingerprint density at radius 3 is 2.29 bits per heavy atom. The molecule has 1 heterocycles. The third-order valence-electron chi connectivity index (χ3n) is 3.06. The van der Waals surface area contributed by atoms with E-state index in [1.54, 1.807) is 0 Å². The van der Waals surface area contributed by atoms with E-state index >= 15 is 0 Å². The smallest absolute Gasteiger partial charge is 0.195 e. The zero-order valence-electron chi connectivity index (χ0n) is 12.5. The van der Waals surface area contributed by atoms with E-state index in [0.717, 1.165) is 35.5 Å². The van der Waals surface area contributed by atoms with Crippen molar-refractivity contribution in [2.45, 2.75) is 26.7 Å². The average Bonchev–Trinajstić information content (AvgIpc) is 2.91. The molecular formula is C17H21N3O. The van der Waals surface area contributed by atoms with Crippen LogP contribution in [0.5, 0.6) is 0 Å². The zero-order chi connectivity index (χ0) is 15.2. The number of hydrogen-bond donors (Lipinski definition) is 2. The van der Waals surface area contributed by atoms with Crippen molar-refractivity contribution in [1.29, 1.82) is 0 Å². The van der Waals surface area contributed by atoms with Crippen LogP contribution in [0.2, 0.25) is 0 Å². The second kappa shape index (κ2) is 6.79. The van der Waals surface area contributed by atoms with Gasteiger partial charge in [0.05, 0.1) is 0 Å². The van der Waals surface area contributed by atoms with Crippen molar-refractivity contribution in [3.8, 4) is 0 Å². The molecule has 0 aliphatic carbocycles. The number of hydrogen-bond acceptors (Lipinski definition) is 4. The minimum Gasteiger partial charge on any atom is -0.441 e. The van der Waals surface area contributed by atoms with Crippen LogP contribution in [-0.2, 0) is 12.8 Å². The van der Waals surface area contributed by atoms with E-state index in [1.807, 2.05) is 56.3 Å². The molecule has 4 N–H and O–H groups in total. The topological polar surface area (TPSA) is 78.1 Å². The standard InChI is InChI=1S/C15H15N3O.C2H6/c16-11-4-1-10(2-5-11)3-8-15-18-13-9-12(17)6-7-14(13)19-15;1-2/h1-2,4-7,9H,3,8,16-17H2;1-2H3. The molecule has 4 heteroatoms. The molecule has 0 radical (unpaired) electrons. The number of benzene rings is 2. The Morgan fingerprint density at radius 2 is 1.57 bits per heavy atom. The van der Waals surface area contributed by atoms with Crippen molar-refractivity contribution in [2.75, 3.05) is 11.5 Å². The van der Waals surface area contributed by atoms with Crippen LogP contribution >= 0.6 is 0 Å². The van der Waals surface area contributed by atoms with Crippen molar-refractivity contribution in [3.63, 3.8) is 0 Å². The second-order valence-electron chi connectivity index (χ2n) is 4.58. The SMILES string of the molecule is CC.Nc1ccc(CCc2nc3cc(N)ccc3o2)cc1. The Bertz CT molecular complexity index is 702. The highest BCUT2D eigenvalue weighted by Crippen LogP contribution is 2.19. The van der Waals surface area contributed by atoms with E-state index < -0.39 is 0 Å². The Labute approximate surface area is 124 Å². The van der Waals surface area contributed by atoms with Gasteiger partial charge in [-0.05, 0) is 42.3 Å². The lowest BCUT2D eigenvalue weighted by Crippen LogP contribution is -1.92. The predicted octanol–water partition coefficient (Wildman–Crippen LogP) is 3.80. The highest BCUT2D eigenvalue weighted by atomic mass is 16.3. The molecule has 0 aliphatic rings. The summed E-state index contributed by atoms with van der Waals surface area (Å²) in [4.78, 5) is 4.43. The van der Waals surface area contributed by atoms with Gasteiger partial charge in [-0.1, -0.05) is 26.0 Å². The summed E-state index contributed by atoms with van der Waals surface area (Å²) in [5.74, 6) is 0.734. The van der Waals surface area contributed by atoms with Crippen LogP contribution in [-0.4, -0.2) is 4.98 Å². The molecule has 2 aromatic carbocycles. The first-order valence-corrected chi connectivity index (χ1v) is 7.20. The molecule has 0 aliphatic heterocycles. The third-order valence-corrected chi connectivity index (χ3v) is 3.06. The van der Waals surface area contributed by atoms with Crippen molar-refractivity contribution in [1.82, 2.24) is 4.98 Å². The maximum atomic E-state index is 5.72. The molecule has 0 saturated heterocycles. The zero-order valence-corrected chi connectivity index (χ0v) is 12.5. The summed E-state index contributed by atoms with van der Waals surface area (Å²) in [6.45, 7) is 4.00. The van der Waals surface area contributed by atoms with Gasteiger partial charge in [-0.2, -0.15) is 0 Å². The van der Waals surface area contributed by atoms with Gasteiger partial charge in [0, 0.05) is 17.8 Å². The predicted molar refractivity (Wildman–Crippen MR) is 88.0 cm³/mol. The molecule has 0 bridgehead atoms. The molecular weight excluding hydrogens is 262 g/mol. The second-order valence-corrected chi connectivity index (χ2v) is 4.58. The largest absolute Gasteiger partial charge is 0.441 e. The first kappa shape index (κ1) is 14.9. The fourth-order valence-corrected chi connectivity index (χ4v) is 2.03. The van der Waals surface area contributed by atoms with Crippen molar-refractivity contribution in [2.24, 2.45) is 0 Å². The Morgan fingerprint density at radius 1 is 0.905 bits per heavy atom. The molecule has 0 fully saturated rings. The highest BCUT2D eigenvalue weighted by molar-refractivity contribution is 5.76. The number of fused-ring (bicyclic) bond motifs is 1. The van der Waals surface area contributed by atoms with E-state index in [2.05, 4.69) is 4.98 Å². The third kappa shape index (κ3) is 3.75. The lowest BCUT2D eigenvalue weighted by Gasteiger charge is -1.99. The first-order chi connectivity index (χ1) is 10.2. The summed E-state index contributed by atoms with van der Waals surface area (Å²) < 4.78 is 5.68. The number of anilines is 2. The fraction of sp³-hybridized carbons (Fsp3) is 0.235. The van der Waals surface area contributed by atoms with Gasteiger partial charge in [0.15, 0.2) is 11.5 Å². The van der Waals surface area contributed by atoms with Crippen LogP contribution in [0.4, 0.5) is 11.4 Å². The molecule has 0 spiro atoms. The molecule has 0 atom stereocenters. The van der Waals surface area contributed by atoms with Gasteiger partial charge >= 0.3 is 0 Å². The van der Waals surface area contributed by atoms with Crippen LogP contribution in [0.1, 0.15) is 25.3 Å². The number of aryl methyl sites for hydroxylation is 2. The minimum absolute atomic E-state index is 0.700. The van der Waals surface area contributed by atoms with Crippen LogP contribution in [0.25, 0.3) is 11.1 Å². The first-order valence-electron chi connectivity index (χ1n) is 7.20. The van der Waals surface area contributed by atoms with Gasteiger partial charge in [-0.15, -0.1) is 0 Å². The van der Waals surface area contributed by atoms with Crippen LogP contribution in [0, 0.1) is 0 Å². The normalized spacial score (nSPS) is 10.2. The number of nitrogens with two attached hydrogens (primary N) is 2. The van der Waals surface area contributed by atoms with Gasteiger partial charge < -0.3 is 15.9 Å². The Kier molecular flexibility index (Phi) is 4.82. The number of aromatic nitrogens is 1. The van der Waals surface area contributed by atoms with Crippen molar-refractivity contribution >= 4 is 22.5 Å². The quantitative estimate of drug-likeness (QED) is 0.716. The molecule has 0 amide bonds. The average molecular weight is 283 g/mol. The van der Waals surface area contributed by atoms with E-state index in [1.165, 1.54) is 5.56 Å². The van der Waals surface area contributed by atoms with Crippen molar-refractivity contribution in [3.05, 3.63) is 53.9 Å². The molecule has 3 aromatic rings.